The Bertz CT molecular complexity index is 1340. The molecule has 1 saturated heterocycles. The number of nitrogens with zero attached hydrogens (tertiary/aromatic N) is 4. The van der Waals surface area contributed by atoms with E-state index < -0.39 is 11.9 Å². The first-order chi connectivity index (χ1) is 20.2. The van der Waals surface area contributed by atoms with E-state index in [0.29, 0.717) is 23.4 Å². The van der Waals surface area contributed by atoms with Crippen molar-refractivity contribution in [2.45, 2.75) is 13.0 Å². The molecule has 1 aliphatic heterocycles. The zero-order chi connectivity index (χ0) is 30.5. The minimum Gasteiger partial charge on any atom is -0.468 e. The SMILES string of the molecule is C=CCC(=CC(=C)NC(=O)c1cccc(NC(=O)c2ccc(CN3CCN(C)CC3)cc2)n1)C(=NC)NCC(=O)OC. The molecule has 0 aliphatic carbocycles. The first-order valence-corrected chi connectivity index (χ1v) is 13.6. The van der Waals surface area contributed by atoms with Gasteiger partial charge in [-0.25, -0.2) is 4.98 Å². The third-order valence-corrected chi connectivity index (χ3v) is 6.58. The van der Waals surface area contributed by atoms with Gasteiger partial charge in [0.25, 0.3) is 11.8 Å². The molecule has 3 N–H and O–H groups in total. The summed E-state index contributed by atoms with van der Waals surface area (Å²) in [5.74, 6) is -0.590. The fourth-order valence-corrected chi connectivity index (χ4v) is 4.24. The molecule has 2 aromatic rings. The second-order valence-corrected chi connectivity index (χ2v) is 9.78. The van der Waals surface area contributed by atoms with Crippen molar-refractivity contribution in [3.05, 3.63) is 95.9 Å². The van der Waals surface area contributed by atoms with Gasteiger partial charge in [0, 0.05) is 51.0 Å². The predicted octanol–water partition coefficient (Wildman–Crippen LogP) is 2.62. The largest absolute Gasteiger partial charge is 0.468 e. The number of anilines is 1. The molecular weight excluding hydrogens is 534 g/mol. The maximum atomic E-state index is 12.9. The van der Waals surface area contributed by atoms with Crippen molar-refractivity contribution in [2.24, 2.45) is 4.99 Å². The van der Waals surface area contributed by atoms with Crippen molar-refractivity contribution in [1.82, 2.24) is 25.4 Å². The summed E-state index contributed by atoms with van der Waals surface area (Å²) in [4.78, 5) is 50.5. The Morgan fingerprint density at radius 3 is 2.43 bits per heavy atom. The summed E-state index contributed by atoms with van der Waals surface area (Å²) in [6.07, 6.45) is 3.71. The predicted molar refractivity (Wildman–Crippen MR) is 164 cm³/mol. The van der Waals surface area contributed by atoms with Crippen LogP contribution in [0.2, 0.25) is 0 Å². The monoisotopic (exact) mass is 573 g/mol. The number of hydrogen-bond donors (Lipinski definition) is 3. The number of rotatable bonds is 12. The third-order valence-electron chi connectivity index (χ3n) is 6.58. The summed E-state index contributed by atoms with van der Waals surface area (Å²) < 4.78 is 4.65. The smallest absolute Gasteiger partial charge is 0.325 e. The average molecular weight is 574 g/mol. The van der Waals surface area contributed by atoms with Crippen LogP contribution in [0.25, 0.3) is 0 Å². The summed E-state index contributed by atoms with van der Waals surface area (Å²) in [5.41, 5.74) is 2.69. The zero-order valence-electron chi connectivity index (χ0n) is 24.5. The molecule has 1 fully saturated rings. The van der Waals surface area contributed by atoms with Crippen molar-refractivity contribution < 1.29 is 19.1 Å². The van der Waals surface area contributed by atoms with Crippen LogP contribution in [-0.2, 0) is 16.1 Å². The minimum absolute atomic E-state index is 0.0698. The van der Waals surface area contributed by atoms with E-state index in [1.54, 1.807) is 43.5 Å². The lowest BCUT2D eigenvalue weighted by molar-refractivity contribution is -0.139. The van der Waals surface area contributed by atoms with Crippen LogP contribution < -0.4 is 16.0 Å². The number of aliphatic imine (C=N–C) groups is 1. The lowest BCUT2D eigenvalue weighted by Gasteiger charge is -2.32. The topological polar surface area (TPSA) is 128 Å². The summed E-state index contributed by atoms with van der Waals surface area (Å²) in [7, 11) is 5.00. The number of carbonyl (C=O) groups is 3. The van der Waals surface area contributed by atoms with Crippen molar-refractivity contribution in [3.63, 3.8) is 0 Å². The van der Waals surface area contributed by atoms with E-state index in [2.05, 4.69) is 60.7 Å². The Balaban J connectivity index is 1.60. The lowest BCUT2D eigenvalue weighted by atomic mass is 10.1. The molecule has 1 aromatic carbocycles. The summed E-state index contributed by atoms with van der Waals surface area (Å²) in [5, 5.41) is 8.36. The highest BCUT2D eigenvalue weighted by Gasteiger charge is 2.15. The number of likely N-dealkylation sites (N-methyl/N-ethyl adjacent to an activating group) is 1. The number of allylic oxidation sites excluding steroid dienone is 2. The Morgan fingerprint density at radius 1 is 1.07 bits per heavy atom. The molecule has 0 unspecified atom stereocenters. The van der Waals surface area contributed by atoms with Crippen LogP contribution in [0.4, 0.5) is 5.82 Å². The molecule has 0 saturated carbocycles. The van der Waals surface area contributed by atoms with Gasteiger partial charge in [-0.05, 0) is 54.9 Å². The van der Waals surface area contributed by atoms with Crippen LogP contribution >= 0.6 is 0 Å². The van der Waals surface area contributed by atoms with Gasteiger partial charge in [0.1, 0.15) is 23.9 Å². The van der Waals surface area contributed by atoms with Crippen LogP contribution in [0.3, 0.4) is 0 Å². The molecule has 42 heavy (non-hydrogen) atoms. The maximum Gasteiger partial charge on any atom is 0.325 e. The molecule has 1 aromatic heterocycles. The number of carbonyl (C=O) groups excluding carboxylic acids is 3. The van der Waals surface area contributed by atoms with Gasteiger partial charge in [-0.2, -0.15) is 0 Å². The highest BCUT2D eigenvalue weighted by molar-refractivity contribution is 6.04. The molecule has 3 rings (SSSR count). The van der Waals surface area contributed by atoms with Gasteiger partial charge in [-0.3, -0.25) is 24.3 Å². The number of benzene rings is 1. The fourth-order valence-electron chi connectivity index (χ4n) is 4.24. The number of nitrogens with one attached hydrogen (secondary N) is 3. The first-order valence-electron chi connectivity index (χ1n) is 13.6. The minimum atomic E-state index is -0.504. The van der Waals surface area contributed by atoms with Crippen LogP contribution in [0.15, 0.2) is 84.0 Å². The van der Waals surface area contributed by atoms with Gasteiger partial charge in [0.2, 0.25) is 0 Å². The molecule has 0 bridgehead atoms. The van der Waals surface area contributed by atoms with Crippen molar-refractivity contribution in [2.75, 3.05) is 59.2 Å². The van der Waals surface area contributed by atoms with Gasteiger partial charge in [0.05, 0.1) is 7.11 Å². The van der Waals surface area contributed by atoms with E-state index in [1.165, 1.54) is 13.2 Å². The summed E-state index contributed by atoms with van der Waals surface area (Å²) in [6, 6.07) is 12.3. The highest BCUT2D eigenvalue weighted by atomic mass is 16.5. The van der Waals surface area contributed by atoms with E-state index in [-0.39, 0.29) is 29.7 Å². The van der Waals surface area contributed by atoms with Gasteiger partial charge in [-0.15, -0.1) is 6.58 Å². The summed E-state index contributed by atoms with van der Waals surface area (Å²) in [6.45, 7) is 12.6. The fraction of sp³-hybridized carbons (Fsp3) is 0.323. The van der Waals surface area contributed by atoms with E-state index in [9.17, 15) is 14.4 Å². The van der Waals surface area contributed by atoms with Crippen LogP contribution in [0, 0.1) is 0 Å². The van der Waals surface area contributed by atoms with Crippen LogP contribution in [0.5, 0.6) is 0 Å². The molecule has 0 atom stereocenters. The Morgan fingerprint density at radius 2 is 1.79 bits per heavy atom. The number of ether oxygens (including phenoxy) is 1. The quantitative estimate of drug-likeness (QED) is 0.116. The number of esters is 1. The second-order valence-electron chi connectivity index (χ2n) is 9.78. The van der Waals surface area contributed by atoms with Crippen molar-refractivity contribution >= 4 is 29.4 Å². The Labute approximate surface area is 247 Å². The summed E-state index contributed by atoms with van der Waals surface area (Å²) >= 11 is 0. The number of hydrogen-bond acceptors (Lipinski definition) is 8. The molecule has 0 spiro atoms. The number of amidine groups is 1. The molecule has 11 heteroatoms. The first kappa shape index (κ1) is 31.9. The molecule has 222 valence electrons. The van der Waals surface area contributed by atoms with Gasteiger partial charge < -0.3 is 25.6 Å². The Kier molecular flexibility index (Phi) is 12.1. The van der Waals surface area contributed by atoms with E-state index in [0.717, 1.165) is 38.3 Å². The molecular formula is C31H39N7O4. The lowest BCUT2D eigenvalue weighted by Crippen LogP contribution is -2.43. The maximum absolute atomic E-state index is 12.9. The van der Waals surface area contributed by atoms with Crippen molar-refractivity contribution in [3.8, 4) is 0 Å². The average Bonchev–Trinajstić information content (AvgIpc) is 2.99. The molecule has 2 amide bonds. The Hall–Kier alpha value is -4.61. The standard InChI is InChI=1S/C31H39N7O4/c1-6-8-25(29(32-3)33-20-28(39)42-5)19-22(2)34-31(41)26-9-7-10-27(35-26)36-30(40)24-13-11-23(12-14-24)21-38-17-15-37(4)16-18-38/h6-7,9-14,19H,1-2,8,15-18,20-21H2,3-5H3,(H,32,33)(H,34,41)(H,35,36,40). The molecule has 1 aliphatic rings. The van der Waals surface area contributed by atoms with Gasteiger partial charge >= 0.3 is 5.97 Å². The zero-order valence-corrected chi connectivity index (χ0v) is 24.5. The second kappa shape index (κ2) is 16.0. The number of aromatic nitrogens is 1. The van der Waals surface area contributed by atoms with E-state index in [4.69, 9.17) is 0 Å². The van der Waals surface area contributed by atoms with E-state index in [1.807, 2.05) is 12.1 Å². The normalized spacial score (nSPS) is 14.5. The van der Waals surface area contributed by atoms with Gasteiger partial charge in [0.15, 0.2) is 0 Å². The van der Waals surface area contributed by atoms with Crippen molar-refractivity contribution in [1.29, 1.82) is 0 Å². The number of piperazine rings is 1. The van der Waals surface area contributed by atoms with Crippen LogP contribution in [-0.4, -0.2) is 92.3 Å². The van der Waals surface area contributed by atoms with E-state index >= 15 is 0 Å². The van der Waals surface area contributed by atoms with Gasteiger partial charge in [-0.1, -0.05) is 30.9 Å². The van der Waals surface area contributed by atoms with Crippen LogP contribution in [0.1, 0.15) is 32.8 Å². The highest BCUT2D eigenvalue weighted by Crippen LogP contribution is 2.13. The molecule has 0 radical (unpaired) electrons. The number of amides is 2. The third kappa shape index (κ3) is 9.79. The molecule has 2 heterocycles. The molecule has 11 nitrogen and oxygen atoms in total. The number of methoxy groups -OCH3 is 1. The number of pyridine rings is 1.